The van der Waals surface area contributed by atoms with E-state index in [0.29, 0.717) is 36.4 Å². The fourth-order valence-electron chi connectivity index (χ4n) is 3.80. The van der Waals surface area contributed by atoms with Crippen molar-refractivity contribution in [3.63, 3.8) is 0 Å². The molecule has 0 spiro atoms. The number of amides is 1. The molecular formula is C24H22FNO3S. The first-order valence-electron chi connectivity index (χ1n) is 9.89. The quantitative estimate of drug-likeness (QED) is 0.618. The Hall–Kier alpha value is -2.99. The van der Waals surface area contributed by atoms with Gasteiger partial charge >= 0.3 is 0 Å². The van der Waals surface area contributed by atoms with Gasteiger partial charge in [0.2, 0.25) is 0 Å². The van der Waals surface area contributed by atoms with Gasteiger partial charge in [-0.15, -0.1) is 0 Å². The van der Waals surface area contributed by atoms with E-state index >= 15 is 0 Å². The van der Waals surface area contributed by atoms with Crippen LogP contribution in [0.2, 0.25) is 0 Å². The molecule has 154 valence electrons. The SMILES string of the molecule is O=C(c1ccc(-c2ccc(F)cc2)cc1)N1CCC(S(=O)(=O)c2ccccc2)CC1. The van der Waals surface area contributed by atoms with Crippen LogP contribution in [0.1, 0.15) is 23.2 Å². The number of benzene rings is 3. The number of likely N-dealkylation sites (tertiary alicyclic amines) is 1. The molecule has 3 aromatic carbocycles. The lowest BCUT2D eigenvalue weighted by atomic mass is 10.0. The summed E-state index contributed by atoms with van der Waals surface area (Å²) in [4.78, 5) is 14.9. The predicted octanol–water partition coefficient (Wildman–Crippen LogP) is 4.57. The van der Waals surface area contributed by atoms with E-state index in [2.05, 4.69) is 0 Å². The maximum Gasteiger partial charge on any atom is 0.253 e. The molecule has 1 amide bonds. The Morgan fingerprint density at radius 2 is 1.33 bits per heavy atom. The number of piperidine rings is 1. The van der Waals surface area contributed by atoms with Gasteiger partial charge in [0.25, 0.3) is 5.91 Å². The standard InChI is InChI=1S/C24H22FNO3S/c25-21-12-10-19(11-13-21)18-6-8-20(9-7-18)24(27)26-16-14-23(15-17-26)30(28,29)22-4-2-1-3-5-22/h1-13,23H,14-17H2. The van der Waals surface area contributed by atoms with Crippen LogP contribution >= 0.6 is 0 Å². The molecule has 1 saturated heterocycles. The van der Waals surface area contributed by atoms with Crippen molar-refractivity contribution in [2.75, 3.05) is 13.1 Å². The smallest absolute Gasteiger partial charge is 0.253 e. The van der Waals surface area contributed by atoms with E-state index in [0.717, 1.165) is 11.1 Å². The zero-order valence-corrected chi connectivity index (χ0v) is 17.2. The third-order valence-corrected chi connectivity index (χ3v) is 7.83. The Bertz CT molecular complexity index is 1120. The molecule has 0 bridgehead atoms. The molecule has 1 fully saturated rings. The molecule has 4 nitrogen and oxygen atoms in total. The summed E-state index contributed by atoms with van der Waals surface area (Å²) in [5.74, 6) is -0.389. The minimum absolute atomic E-state index is 0.101. The highest BCUT2D eigenvalue weighted by Gasteiger charge is 2.32. The molecule has 0 aromatic heterocycles. The molecule has 0 radical (unpaired) electrons. The number of nitrogens with zero attached hydrogens (tertiary/aromatic N) is 1. The number of carbonyl (C=O) groups excluding carboxylic acids is 1. The van der Waals surface area contributed by atoms with Gasteiger partial charge < -0.3 is 4.90 Å². The molecule has 0 saturated carbocycles. The summed E-state index contributed by atoms with van der Waals surface area (Å²) >= 11 is 0. The van der Waals surface area contributed by atoms with Crippen LogP contribution in [0, 0.1) is 5.82 Å². The van der Waals surface area contributed by atoms with E-state index in [-0.39, 0.29) is 11.7 Å². The summed E-state index contributed by atoms with van der Waals surface area (Å²) in [6, 6.07) is 21.9. The zero-order chi connectivity index (χ0) is 21.1. The van der Waals surface area contributed by atoms with Crippen molar-refractivity contribution in [1.29, 1.82) is 0 Å². The van der Waals surface area contributed by atoms with E-state index < -0.39 is 15.1 Å². The van der Waals surface area contributed by atoms with Gasteiger partial charge in [0.15, 0.2) is 9.84 Å². The third-order valence-electron chi connectivity index (χ3n) is 5.55. The Morgan fingerprint density at radius 3 is 1.90 bits per heavy atom. The van der Waals surface area contributed by atoms with E-state index in [9.17, 15) is 17.6 Å². The van der Waals surface area contributed by atoms with Gasteiger partial charge in [0.1, 0.15) is 5.82 Å². The maximum atomic E-state index is 13.1. The maximum absolute atomic E-state index is 13.1. The average molecular weight is 424 g/mol. The van der Waals surface area contributed by atoms with Crippen molar-refractivity contribution in [2.24, 2.45) is 0 Å². The van der Waals surface area contributed by atoms with Crippen LogP contribution < -0.4 is 0 Å². The van der Waals surface area contributed by atoms with Gasteiger partial charge in [-0.1, -0.05) is 42.5 Å². The first-order valence-corrected chi connectivity index (χ1v) is 11.4. The lowest BCUT2D eigenvalue weighted by Gasteiger charge is -2.31. The first kappa shape index (κ1) is 20.3. The molecule has 0 N–H and O–H groups in total. The highest BCUT2D eigenvalue weighted by molar-refractivity contribution is 7.92. The van der Waals surface area contributed by atoms with Crippen LogP contribution in [-0.4, -0.2) is 37.6 Å². The summed E-state index contributed by atoms with van der Waals surface area (Å²) in [6.07, 6.45) is 0.854. The van der Waals surface area contributed by atoms with Crippen molar-refractivity contribution in [1.82, 2.24) is 4.90 Å². The highest BCUT2D eigenvalue weighted by Crippen LogP contribution is 2.26. The summed E-state index contributed by atoms with van der Waals surface area (Å²) < 4.78 is 38.7. The molecule has 0 aliphatic carbocycles. The van der Waals surface area contributed by atoms with Crippen molar-refractivity contribution < 1.29 is 17.6 Å². The van der Waals surface area contributed by atoms with E-state index in [1.54, 1.807) is 59.5 Å². The lowest BCUT2D eigenvalue weighted by molar-refractivity contribution is 0.0725. The normalized spacial score (nSPS) is 15.2. The van der Waals surface area contributed by atoms with Crippen molar-refractivity contribution >= 4 is 15.7 Å². The fraction of sp³-hybridized carbons (Fsp3) is 0.208. The molecular weight excluding hydrogens is 401 g/mol. The van der Waals surface area contributed by atoms with Crippen molar-refractivity contribution in [3.8, 4) is 11.1 Å². The van der Waals surface area contributed by atoms with Crippen LogP contribution in [0.25, 0.3) is 11.1 Å². The molecule has 1 aliphatic rings. The van der Waals surface area contributed by atoms with Gasteiger partial charge in [-0.2, -0.15) is 0 Å². The van der Waals surface area contributed by atoms with Crippen LogP contribution in [0.3, 0.4) is 0 Å². The molecule has 30 heavy (non-hydrogen) atoms. The number of hydrogen-bond acceptors (Lipinski definition) is 3. The molecule has 6 heteroatoms. The minimum Gasteiger partial charge on any atom is -0.339 e. The Morgan fingerprint density at radius 1 is 0.800 bits per heavy atom. The summed E-state index contributed by atoms with van der Waals surface area (Å²) in [5, 5.41) is -0.468. The number of hydrogen-bond donors (Lipinski definition) is 0. The minimum atomic E-state index is -3.38. The van der Waals surface area contributed by atoms with Crippen LogP contribution in [-0.2, 0) is 9.84 Å². The third kappa shape index (κ3) is 4.14. The number of sulfone groups is 1. The highest BCUT2D eigenvalue weighted by atomic mass is 32.2. The zero-order valence-electron chi connectivity index (χ0n) is 16.4. The Balaban J connectivity index is 1.41. The monoisotopic (exact) mass is 423 g/mol. The van der Waals surface area contributed by atoms with E-state index in [1.807, 2.05) is 12.1 Å². The molecule has 4 rings (SSSR count). The Kier molecular flexibility index (Phi) is 5.68. The van der Waals surface area contributed by atoms with E-state index in [4.69, 9.17) is 0 Å². The summed E-state index contributed by atoms with van der Waals surface area (Å²) in [6.45, 7) is 0.824. The predicted molar refractivity (Wildman–Crippen MR) is 114 cm³/mol. The lowest BCUT2D eigenvalue weighted by Crippen LogP contribution is -2.42. The summed E-state index contributed by atoms with van der Waals surface area (Å²) in [7, 11) is -3.38. The van der Waals surface area contributed by atoms with Gasteiger partial charge in [-0.05, 0) is 60.4 Å². The Labute approximate surface area is 175 Å². The van der Waals surface area contributed by atoms with E-state index in [1.165, 1.54) is 12.1 Å². The van der Waals surface area contributed by atoms with Gasteiger partial charge in [-0.25, -0.2) is 12.8 Å². The van der Waals surface area contributed by atoms with Crippen LogP contribution in [0.15, 0.2) is 83.8 Å². The average Bonchev–Trinajstić information content (AvgIpc) is 2.80. The van der Waals surface area contributed by atoms with Crippen LogP contribution in [0.5, 0.6) is 0 Å². The topological polar surface area (TPSA) is 54.5 Å². The molecule has 0 atom stereocenters. The summed E-state index contributed by atoms with van der Waals surface area (Å²) in [5.41, 5.74) is 2.34. The second kappa shape index (κ2) is 8.40. The number of carbonyl (C=O) groups is 1. The second-order valence-electron chi connectivity index (χ2n) is 7.43. The van der Waals surface area contributed by atoms with Crippen molar-refractivity contribution in [2.45, 2.75) is 23.0 Å². The largest absolute Gasteiger partial charge is 0.339 e. The number of rotatable bonds is 4. The van der Waals surface area contributed by atoms with Gasteiger partial charge in [0.05, 0.1) is 10.1 Å². The molecule has 0 unspecified atom stereocenters. The molecule has 3 aromatic rings. The number of halogens is 1. The second-order valence-corrected chi connectivity index (χ2v) is 9.66. The van der Waals surface area contributed by atoms with Gasteiger partial charge in [0, 0.05) is 18.7 Å². The fourth-order valence-corrected chi connectivity index (χ4v) is 5.55. The van der Waals surface area contributed by atoms with Gasteiger partial charge in [-0.3, -0.25) is 4.79 Å². The molecule has 1 heterocycles. The first-order chi connectivity index (χ1) is 14.4. The van der Waals surface area contributed by atoms with Crippen LogP contribution in [0.4, 0.5) is 4.39 Å². The molecule has 1 aliphatic heterocycles. The van der Waals surface area contributed by atoms with Crippen molar-refractivity contribution in [3.05, 3.63) is 90.2 Å².